The van der Waals surface area contributed by atoms with Gasteiger partial charge in [-0.3, -0.25) is 4.98 Å². The van der Waals surface area contributed by atoms with E-state index in [-0.39, 0.29) is 18.8 Å². The molecule has 0 radical (unpaired) electrons. The molecule has 0 unspecified atom stereocenters. The first-order valence-electron chi connectivity index (χ1n) is 10.7. The van der Waals surface area contributed by atoms with E-state index in [0.29, 0.717) is 19.7 Å². The minimum absolute atomic E-state index is 0.0977. The van der Waals surface area contributed by atoms with Crippen molar-refractivity contribution in [1.29, 1.82) is 0 Å². The van der Waals surface area contributed by atoms with Crippen molar-refractivity contribution >= 4 is 17.0 Å². The highest BCUT2D eigenvalue weighted by Gasteiger charge is 2.24. The molecule has 6 nitrogen and oxygen atoms in total. The second kappa shape index (κ2) is 9.79. The number of amides is 1. The van der Waals surface area contributed by atoms with E-state index in [4.69, 9.17) is 14.2 Å². The summed E-state index contributed by atoms with van der Waals surface area (Å²) in [5.41, 5.74) is 4.54. The third kappa shape index (κ3) is 4.97. The Morgan fingerprint density at radius 2 is 1.84 bits per heavy atom. The number of fused-ring (bicyclic) bond motifs is 1. The number of methoxy groups -OCH3 is 1. The van der Waals surface area contributed by atoms with Crippen LogP contribution >= 0.6 is 0 Å². The maximum Gasteiger partial charge on any atom is 0.409 e. The zero-order valence-electron chi connectivity index (χ0n) is 18.0. The summed E-state index contributed by atoms with van der Waals surface area (Å²) in [5, 5.41) is 1.15. The summed E-state index contributed by atoms with van der Waals surface area (Å²) in [6.07, 6.45) is 3.23. The molecule has 1 aliphatic rings. The Kier molecular flexibility index (Phi) is 6.67. The first-order valence-corrected chi connectivity index (χ1v) is 10.7. The molecule has 1 aromatic heterocycles. The largest absolute Gasteiger partial charge is 0.490 e. The van der Waals surface area contributed by atoms with Crippen LogP contribution in [-0.2, 0) is 9.47 Å². The average Bonchev–Trinajstić information content (AvgIpc) is 2.81. The van der Waals surface area contributed by atoms with Crippen molar-refractivity contribution in [3.05, 3.63) is 60.3 Å². The highest BCUT2D eigenvalue weighted by Crippen LogP contribution is 2.30. The maximum atomic E-state index is 12.0. The van der Waals surface area contributed by atoms with Crippen LogP contribution in [0.25, 0.3) is 22.0 Å². The number of carbonyl (C=O) groups excluding carboxylic acids is 1. The zero-order chi connectivity index (χ0) is 21.6. The number of hydrogen-bond donors (Lipinski definition) is 0. The standard InChI is InChI=1S/C25H28N2O4/c1-18-23(10-7-20-4-3-13-26-24(18)20)19-5-8-21(9-6-19)31-22-11-14-27(15-12-22)25(28)30-17-16-29-2/h3-10,13,22H,11-12,14-17H2,1-2H3. The van der Waals surface area contributed by atoms with Gasteiger partial charge in [0.25, 0.3) is 0 Å². The topological polar surface area (TPSA) is 60.9 Å². The van der Waals surface area contributed by atoms with Crippen LogP contribution in [0.4, 0.5) is 4.79 Å². The van der Waals surface area contributed by atoms with Crippen LogP contribution in [0.1, 0.15) is 18.4 Å². The van der Waals surface area contributed by atoms with Crippen molar-refractivity contribution in [2.75, 3.05) is 33.4 Å². The fourth-order valence-corrected chi connectivity index (χ4v) is 3.97. The summed E-state index contributed by atoms with van der Waals surface area (Å²) in [6, 6.07) is 16.5. The van der Waals surface area contributed by atoms with Crippen LogP contribution in [-0.4, -0.2) is 55.5 Å². The Morgan fingerprint density at radius 1 is 1.06 bits per heavy atom. The van der Waals surface area contributed by atoms with Crippen molar-refractivity contribution in [1.82, 2.24) is 9.88 Å². The predicted octanol–water partition coefficient (Wildman–Crippen LogP) is 4.84. The lowest BCUT2D eigenvalue weighted by molar-refractivity contribution is 0.0514. The van der Waals surface area contributed by atoms with Gasteiger partial charge in [0.15, 0.2) is 0 Å². The molecule has 31 heavy (non-hydrogen) atoms. The number of aromatic nitrogens is 1. The molecule has 1 amide bonds. The Balaban J connectivity index is 1.35. The monoisotopic (exact) mass is 420 g/mol. The number of ether oxygens (including phenoxy) is 3. The number of piperidine rings is 1. The van der Waals surface area contributed by atoms with Crippen molar-refractivity contribution in [3.8, 4) is 16.9 Å². The van der Waals surface area contributed by atoms with Crippen LogP contribution < -0.4 is 4.74 Å². The molecule has 1 fully saturated rings. The van der Waals surface area contributed by atoms with E-state index in [0.717, 1.165) is 35.1 Å². The maximum absolute atomic E-state index is 12.0. The molecule has 0 spiro atoms. The van der Waals surface area contributed by atoms with Gasteiger partial charge in [0.1, 0.15) is 18.5 Å². The molecule has 0 N–H and O–H groups in total. The van der Waals surface area contributed by atoms with Crippen molar-refractivity contribution in [3.63, 3.8) is 0 Å². The molecule has 2 heterocycles. The normalized spacial score (nSPS) is 14.6. The summed E-state index contributed by atoms with van der Waals surface area (Å²) in [6.45, 7) is 4.08. The van der Waals surface area contributed by atoms with Crippen LogP contribution in [0.2, 0.25) is 0 Å². The highest BCUT2D eigenvalue weighted by atomic mass is 16.6. The lowest BCUT2D eigenvalue weighted by atomic mass is 9.98. The highest BCUT2D eigenvalue weighted by molar-refractivity contribution is 5.88. The Morgan fingerprint density at radius 3 is 2.58 bits per heavy atom. The summed E-state index contributed by atoms with van der Waals surface area (Å²) in [5.74, 6) is 0.849. The molecule has 1 aliphatic heterocycles. The molecule has 3 aromatic rings. The Labute approximate surface area is 182 Å². The third-order valence-electron chi connectivity index (χ3n) is 5.71. The second-order valence-corrected chi connectivity index (χ2v) is 7.75. The fraction of sp³-hybridized carbons (Fsp3) is 0.360. The number of rotatable bonds is 6. The first-order chi connectivity index (χ1) is 15.2. The first kappa shape index (κ1) is 21.1. The minimum atomic E-state index is -0.278. The van der Waals surface area contributed by atoms with Gasteiger partial charge >= 0.3 is 6.09 Å². The second-order valence-electron chi connectivity index (χ2n) is 7.75. The lowest BCUT2D eigenvalue weighted by Gasteiger charge is -2.31. The molecular formula is C25H28N2O4. The number of carbonyl (C=O) groups is 1. The zero-order valence-corrected chi connectivity index (χ0v) is 18.0. The van der Waals surface area contributed by atoms with Crippen LogP contribution in [0.5, 0.6) is 5.75 Å². The number of likely N-dealkylation sites (tertiary alicyclic amines) is 1. The molecule has 0 bridgehead atoms. The number of benzene rings is 2. The van der Waals surface area contributed by atoms with E-state index in [2.05, 4.69) is 42.2 Å². The van der Waals surface area contributed by atoms with Crippen molar-refractivity contribution < 1.29 is 19.0 Å². The molecule has 162 valence electrons. The lowest BCUT2D eigenvalue weighted by Crippen LogP contribution is -2.42. The van der Waals surface area contributed by atoms with E-state index < -0.39 is 0 Å². The quantitative estimate of drug-likeness (QED) is 0.534. The fourth-order valence-electron chi connectivity index (χ4n) is 3.97. The summed E-state index contributed by atoms with van der Waals surface area (Å²) < 4.78 is 16.3. The number of aryl methyl sites for hydroxylation is 1. The van der Waals surface area contributed by atoms with Gasteiger partial charge in [-0.05, 0) is 41.8 Å². The van der Waals surface area contributed by atoms with E-state index in [1.807, 2.05) is 24.4 Å². The van der Waals surface area contributed by atoms with Gasteiger partial charge in [0, 0.05) is 44.6 Å². The molecule has 0 saturated carbocycles. The van der Waals surface area contributed by atoms with Crippen molar-refractivity contribution in [2.24, 2.45) is 0 Å². The van der Waals surface area contributed by atoms with E-state index in [1.165, 1.54) is 11.1 Å². The third-order valence-corrected chi connectivity index (χ3v) is 5.71. The number of nitrogens with zero attached hydrogens (tertiary/aromatic N) is 2. The van der Waals surface area contributed by atoms with Gasteiger partial charge in [-0.1, -0.05) is 30.3 Å². The van der Waals surface area contributed by atoms with E-state index >= 15 is 0 Å². The van der Waals surface area contributed by atoms with Gasteiger partial charge in [0.2, 0.25) is 0 Å². The molecule has 1 saturated heterocycles. The SMILES string of the molecule is COCCOC(=O)N1CCC(Oc2ccc(-c3ccc4cccnc4c3C)cc2)CC1. The Hall–Kier alpha value is -3.12. The summed E-state index contributed by atoms with van der Waals surface area (Å²) in [4.78, 5) is 18.3. The molecule has 2 aromatic carbocycles. The molecule has 0 aliphatic carbocycles. The molecule has 4 rings (SSSR count). The molecular weight excluding hydrogens is 392 g/mol. The number of hydrogen-bond acceptors (Lipinski definition) is 5. The summed E-state index contributed by atoms with van der Waals surface area (Å²) >= 11 is 0. The van der Waals surface area contributed by atoms with Gasteiger partial charge in [-0.15, -0.1) is 0 Å². The van der Waals surface area contributed by atoms with Crippen LogP contribution in [0, 0.1) is 6.92 Å². The van der Waals surface area contributed by atoms with Gasteiger partial charge < -0.3 is 19.1 Å². The summed E-state index contributed by atoms with van der Waals surface area (Å²) in [7, 11) is 1.59. The van der Waals surface area contributed by atoms with Gasteiger partial charge in [0.05, 0.1) is 12.1 Å². The van der Waals surface area contributed by atoms with Crippen molar-refractivity contribution in [2.45, 2.75) is 25.9 Å². The van der Waals surface area contributed by atoms with E-state index in [9.17, 15) is 4.79 Å². The van der Waals surface area contributed by atoms with Gasteiger partial charge in [-0.2, -0.15) is 0 Å². The smallest absolute Gasteiger partial charge is 0.409 e. The number of pyridine rings is 1. The van der Waals surface area contributed by atoms with Gasteiger partial charge in [-0.25, -0.2) is 4.79 Å². The van der Waals surface area contributed by atoms with E-state index in [1.54, 1.807) is 12.0 Å². The predicted molar refractivity (Wildman–Crippen MR) is 120 cm³/mol. The minimum Gasteiger partial charge on any atom is -0.490 e. The van der Waals surface area contributed by atoms with Crippen LogP contribution in [0.15, 0.2) is 54.7 Å². The van der Waals surface area contributed by atoms with Crippen LogP contribution in [0.3, 0.4) is 0 Å². The Bertz CT molecular complexity index is 1030. The molecule has 6 heteroatoms. The average molecular weight is 421 g/mol. The molecule has 0 atom stereocenters.